The summed E-state index contributed by atoms with van der Waals surface area (Å²) in [5, 5.41) is 12.2. The molecule has 5 rings (SSSR count). The van der Waals surface area contributed by atoms with Gasteiger partial charge in [-0.05, 0) is 55.3 Å². The fourth-order valence-corrected chi connectivity index (χ4v) is 4.06. The van der Waals surface area contributed by atoms with Crippen LogP contribution in [0, 0.1) is 12.7 Å². The fraction of sp³-hybridized carbons (Fsp3) is 0.160. The average molecular weight is 473 g/mol. The van der Waals surface area contributed by atoms with Crippen LogP contribution in [0.4, 0.5) is 9.18 Å². The van der Waals surface area contributed by atoms with Gasteiger partial charge in [0.1, 0.15) is 11.4 Å². The number of carbonyl (C=O) groups is 3. The topological polar surface area (TPSA) is 126 Å². The standard InChI is InChI=1S/C25H20FN5O4/c1-13-20-18(11-19(28-22(20)35-31-13)15-6-8-17(26)9-7-15)21(32)27-12-14-4-3-5-16(10-14)25(2)23(33)29-24(34)30-25/h3-11H,12H2,1-2H3,(H,27,32)(H2,29,30,33,34). The fourth-order valence-electron chi connectivity index (χ4n) is 4.06. The number of amides is 4. The van der Waals surface area contributed by atoms with Gasteiger partial charge < -0.3 is 15.2 Å². The van der Waals surface area contributed by atoms with Gasteiger partial charge in [-0.3, -0.25) is 14.9 Å². The quantitative estimate of drug-likeness (QED) is 0.382. The van der Waals surface area contributed by atoms with Crippen molar-refractivity contribution in [3.63, 3.8) is 0 Å². The largest absolute Gasteiger partial charge is 0.348 e. The maximum Gasteiger partial charge on any atom is 0.322 e. The Hall–Kier alpha value is -4.60. The predicted molar refractivity (Wildman–Crippen MR) is 124 cm³/mol. The minimum absolute atomic E-state index is 0.165. The van der Waals surface area contributed by atoms with Crippen LogP contribution in [-0.4, -0.2) is 28.0 Å². The number of urea groups is 1. The average Bonchev–Trinajstić information content (AvgIpc) is 3.35. The molecule has 1 aliphatic heterocycles. The van der Waals surface area contributed by atoms with E-state index in [1.54, 1.807) is 56.3 Å². The van der Waals surface area contributed by atoms with Crippen LogP contribution < -0.4 is 16.0 Å². The molecule has 1 atom stereocenters. The molecule has 0 spiro atoms. The van der Waals surface area contributed by atoms with E-state index in [1.165, 1.54) is 12.1 Å². The summed E-state index contributed by atoms with van der Waals surface area (Å²) < 4.78 is 18.7. The van der Waals surface area contributed by atoms with E-state index in [1.807, 2.05) is 0 Å². The Morgan fingerprint density at radius 3 is 2.63 bits per heavy atom. The summed E-state index contributed by atoms with van der Waals surface area (Å²) in [6, 6.07) is 13.9. The van der Waals surface area contributed by atoms with Crippen LogP contribution in [0.3, 0.4) is 0 Å². The van der Waals surface area contributed by atoms with Crippen LogP contribution in [-0.2, 0) is 16.9 Å². The van der Waals surface area contributed by atoms with Crippen LogP contribution in [0.2, 0.25) is 0 Å². The van der Waals surface area contributed by atoms with Gasteiger partial charge in [0.15, 0.2) is 0 Å². The third kappa shape index (κ3) is 3.99. The van der Waals surface area contributed by atoms with Gasteiger partial charge in [0.05, 0.1) is 22.3 Å². The SMILES string of the molecule is Cc1noc2nc(-c3ccc(F)cc3)cc(C(=O)NCc3cccc(C4(C)NC(=O)NC4=O)c3)c12. The van der Waals surface area contributed by atoms with E-state index in [9.17, 15) is 18.8 Å². The van der Waals surface area contributed by atoms with Crippen LogP contribution >= 0.6 is 0 Å². The number of hydrogen-bond acceptors (Lipinski definition) is 6. The minimum Gasteiger partial charge on any atom is -0.348 e. The molecule has 176 valence electrons. The molecule has 1 saturated heterocycles. The van der Waals surface area contributed by atoms with Gasteiger partial charge in [0.2, 0.25) is 0 Å². The second kappa shape index (κ2) is 8.32. The van der Waals surface area contributed by atoms with Crippen molar-refractivity contribution >= 4 is 28.9 Å². The Morgan fingerprint density at radius 1 is 1.14 bits per heavy atom. The minimum atomic E-state index is -1.20. The van der Waals surface area contributed by atoms with Crippen molar-refractivity contribution in [2.24, 2.45) is 0 Å². The molecule has 0 aliphatic carbocycles. The lowest BCUT2D eigenvalue weighted by atomic mass is 9.91. The summed E-state index contributed by atoms with van der Waals surface area (Å²) in [5.74, 6) is -1.20. The van der Waals surface area contributed by atoms with E-state index in [4.69, 9.17) is 4.52 Å². The number of aromatic nitrogens is 2. The number of nitrogens with zero attached hydrogens (tertiary/aromatic N) is 2. The summed E-state index contributed by atoms with van der Waals surface area (Å²) >= 11 is 0. The molecule has 4 aromatic rings. The first-order valence-electron chi connectivity index (χ1n) is 10.8. The third-order valence-electron chi connectivity index (χ3n) is 6.00. The van der Waals surface area contributed by atoms with E-state index in [-0.39, 0.29) is 24.0 Å². The molecule has 1 aliphatic rings. The summed E-state index contributed by atoms with van der Waals surface area (Å²) in [7, 11) is 0. The molecule has 0 bridgehead atoms. The van der Waals surface area contributed by atoms with Gasteiger partial charge in [-0.25, -0.2) is 14.2 Å². The lowest BCUT2D eigenvalue weighted by molar-refractivity contribution is -0.123. The number of hydrogen-bond donors (Lipinski definition) is 3. The molecule has 1 unspecified atom stereocenters. The first-order valence-corrected chi connectivity index (χ1v) is 10.8. The second-order valence-electron chi connectivity index (χ2n) is 8.43. The number of pyridine rings is 1. The molecule has 2 aromatic heterocycles. The Balaban J connectivity index is 1.43. The van der Waals surface area contributed by atoms with Crippen molar-refractivity contribution in [1.29, 1.82) is 0 Å². The first-order chi connectivity index (χ1) is 16.7. The number of imide groups is 1. The zero-order chi connectivity index (χ0) is 24.7. The lowest BCUT2D eigenvalue weighted by Crippen LogP contribution is -2.40. The molecule has 2 aromatic carbocycles. The van der Waals surface area contributed by atoms with Crippen LogP contribution in [0.1, 0.15) is 34.1 Å². The van der Waals surface area contributed by atoms with Crippen molar-refractivity contribution < 1.29 is 23.3 Å². The highest BCUT2D eigenvalue weighted by Gasteiger charge is 2.43. The first kappa shape index (κ1) is 22.2. The normalized spacial score (nSPS) is 17.3. The van der Waals surface area contributed by atoms with E-state index >= 15 is 0 Å². The monoisotopic (exact) mass is 473 g/mol. The van der Waals surface area contributed by atoms with Gasteiger partial charge >= 0.3 is 6.03 Å². The zero-order valence-electron chi connectivity index (χ0n) is 18.8. The molecule has 10 heteroatoms. The van der Waals surface area contributed by atoms with E-state index in [0.29, 0.717) is 33.5 Å². The zero-order valence-corrected chi connectivity index (χ0v) is 18.8. The third-order valence-corrected chi connectivity index (χ3v) is 6.00. The summed E-state index contributed by atoms with van der Waals surface area (Å²) in [5.41, 5.74) is 2.22. The molecule has 4 amide bonds. The number of benzene rings is 2. The molecule has 3 heterocycles. The van der Waals surface area contributed by atoms with E-state index < -0.39 is 17.5 Å². The van der Waals surface area contributed by atoms with Crippen LogP contribution in [0.25, 0.3) is 22.4 Å². The Morgan fingerprint density at radius 2 is 1.91 bits per heavy atom. The molecule has 0 saturated carbocycles. The Kier molecular flexibility index (Phi) is 5.28. The number of aryl methyl sites for hydroxylation is 1. The molecule has 9 nitrogen and oxygen atoms in total. The predicted octanol–water partition coefficient (Wildman–Crippen LogP) is 3.32. The van der Waals surface area contributed by atoms with Gasteiger partial charge in [-0.15, -0.1) is 0 Å². The van der Waals surface area contributed by atoms with Gasteiger partial charge in [-0.1, -0.05) is 29.4 Å². The number of halogens is 1. The lowest BCUT2D eigenvalue weighted by Gasteiger charge is -2.21. The van der Waals surface area contributed by atoms with Crippen molar-refractivity contribution in [3.8, 4) is 11.3 Å². The summed E-state index contributed by atoms with van der Waals surface area (Å²) in [6.45, 7) is 3.50. The summed E-state index contributed by atoms with van der Waals surface area (Å²) in [4.78, 5) is 41.5. The molecule has 1 fully saturated rings. The number of rotatable bonds is 5. The highest BCUT2D eigenvalue weighted by atomic mass is 19.1. The molecule has 0 radical (unpaired) electrons. The smallest absolute Gasteiger partial charge is 0.322 e. The highest BCUT2D eigenvalue weighted by molar-refractivity contribution is 6.08. The van der Waals surface area contributed by atoms with Crippen molar-refractivity contribution in [1.82, 2.24) is 26.1 Å². The highest BCUT2D eigenvalue weighted by Crippen LogP contribution is 2.28. The summed E-state index contributed by atoms with van der Waals surface area (Å²) in [6.07, 6.45) is 0. The van der Waals surface area contributed by atoms with Gasteiger partial charge in [0.25, 0.3) is 17.5 Å². The van der Waals surface area contributed by atoms with Crippen molar-refractivity contribution in [2.45, 2.75) is 25.9 Å². The van der Waals surface area contributed by atoms with Crippen molar-refractivity contribution in [3.05, 3.63) is 82.8 Å². The second-order valence-corrected chi connectivity index (χ2v) is 8.43. The molecule has 35 heavy (non-hydrogen) atoms. The van der Waals surface area contributed by atoms with E-state index in [0.717, 1.165) is 5.56 Å². The number of carbonyl (C=O) groups excluding carboxylic acids is 3. The van der Waals surface area contributed by atoms with Gasteiger partial charge in [-0.2, -0.15) is 0 Å². The molecular weight excluding hydrogens is 453 g/mol. The Labute approximate surface area is 198 Å². The molecule has 3 N–H and O–H groups in total. The van der Waals surface area contributed by atoms with Gasteiger partial charge in [0, 0.05) is 12.1 Å². The van der Waals surface area contributed by atoms with E-state index in [2.05, 4.69) is 26.1 Å². The van der Waals surface area contributed by atoms with Crippen LogP contribution in [0.5, 0.6) is 0 Å². The Bertz CT molecular complexity index is 1500. The van der Waals surface area contributed by atoms with Crippen LogP contribution in [0.15, 0.2) is 59.1 Å². The number of nitrogens with one attached hydrogen (secondary N) is 3. The maximum absolute atomic E-state index is 13.4. The van der Waals surface area contributed by atoms with Crippen molar-refractivity contribution in [2.75, 3.05) is 0 Å². The maximum atomic E-state index is 13.4. The molecular formula is C25H20FN5O4. The number of fused-ring (bicyclic) bond motifs is 1.